The van der Waals surface area contributed by atoms with Crippen molar-refractivity contribution >= 4 is 6.09 Å². The van der Waals surface area contributed by atoms with E-state index in [0.717, 1.165) is 13.0 Å². The Labute approximate surface area is 92.1 Å². The summed E-state index contributed by atoms with van der Waals surface area (Å²) < 4.78 is 5.33. The average Bonchev–Trinajstić information content (AvgIpc) is 2.26. The third-order valence-electron chi connectivity index (χ3n) is 2.21. The Morgan fingerprint density at radius 3 is 2.67 bits per heavy atom. The van der Waals surface area contributed by atoms with Gasteiger partial charge in [-0.05, 0) is 33.1 Å². The summed E-state index contributed by atoms with van der Waals surface area (Å²) in [5.41, 5.74) is -0.406. The van der Waals surface area contributed by atoms with E-state index in [1.165, 1.54) is 0 Å². The van der Waals surface area contributed by atoms with Crippen LogP contribution in [0.25, 0.3) is 0 Å². The Hall–Kier alpha value is -0.990. The summed E-state index contributed by atoms with van der Waals surface area (Å²) in [5.74, 6) is 0.510. The molecule has 0 N–H and O–H groups in total. The lowest BCUT2D eigenvalue weighted by molar-refractivity contribution is 0.0253. The molecule has 0 aromatic carbocycles. The smallest absolute Gasteiger partial charge is 0.410 e. The third-order valence-corrected chi connectivity index (χ3v) is 2.21. The van der Waals surface area contributed by atoms with Gasteiger partial charge in [-0.15, -0.1) is 0 Å². The lowest BCUT2D eigenvalue weighted by atomic mass is 10.1. The molecule has 1 rings (SSSR count). The summed E-state index contributed by atoms with van der Waals surface area (Å²) in [6.07, 6.45) is 5.00. The van der Waals surface area contributed by atoms with Crippen LogP contribution in [0, 0.1) is 5.92 Å². The molecule has 0 saturated carbocycles. The van der Waals surface area contributed by atoms with Crippen molar-refractivity contribution in [1.29, 1.82) is 0 Å². The average molecular weight is 211 g/mol. The third kappa shape index (κ3) is 4.36. The maximum Gasteiger partial charge on any atom is 0.410 e. The molecule has 1 heterocycles. The molecule has 3 nitrogen and oxygen atoms in total. The van der Waals surface area contributed by atoms with Gasteiger partial charge in [0.1, 0.15) is 5.60 Å². The van der Waals surface area contributed by atoms with Crippen molar-refractivity contribution in [1.82, 2.24) is 4.90 Å². The summed E-state index contributed by atoms with van der Waals surface area (Å²) in [6.45, 7) is 9.26. The van der Waals surface area contributed by atoms with Crippen molar-refractivity contribution in [3.05, 3.63) is 12.2 Å². The molecule has 0 fully saturated rings. The Morgan fingerprint density at radius 2 is 2.07 bits per heavy atom. The quantitative estimate of drug-likeness (QED) is 0.577. The van der Waals surface area contributed by atoms with Gasteiger partial charge in [-0.1, -0.05) is 19.1 Å². The van der Waals surface area contributed by atoms with E-state index in [1.807, 2.05) is 26.8 Å². The van der Waals surface area contributed by atoms with Gasteiger partial charge < -0.3 is 9.64 Å². The van der Waals surface area contributed by atoms with Gasteiger partial charge in [0.25, 0.3) is 0 Å². The summed E-state index contributed by atoms with van der Waals surface area (Å²) in [6, 6.07) is 0. The number of allylic oxidation sites excluding steroid dienone is 1. The number of carbonyl (C=O) groups is 1. The van der Waals surface area contributed by atoms with Crippen LogP contribution in [0.1, 0.15) is 34.1 Å². The highest BCUT2D eigenvalue weighted by atomic mass is 16.6. The van der Waals surface area contributed by atoms with Gasteiger partial charge in [0.05, 0.1) is 0 Å². The fourth-order valence-corrected chi connectivity index (χ4v) is 1.53. The van der Waals surface area contributed by atoms with E-state index < -0.39 is 5.60 Å². The highest BCUT2D eigenvalue weighted by Gasteiger charge is 2.23. The molecule has 0 saturated heterocycles. The molecule has 1 atom stereocenters. The van der Waals surface area contributed by atoms with Crippen LogP contribution in [0.5, 0.6) is 0 Å². The predicted octanol–water partition coefficient (Wildman–Crippen LogP) is 2.82. The van der Waals surface area contributed by atoms with E-state index in [9.17, 15) is 4.79 Å². The Morgan fingerprint density at radius 1 is 1.40 bits per heavy atom. The molecule has 1 aliphatic heterocycles. The minimum absolute atomic E-state index is 0.207. The van der Waals surface area contributed by atoms with Crippen molar-refractivity contribution < 1.29 is 9.53 Å². The molecule has 0 spiro atoms. The van der Waals surface area contributed by atoms with Crippen molar-refractivity contribution in [2.45, 2.75) is 39.7 Å². The first-order valence-electron chi connectivity index (χ1n) is 5.51. The van der Waals surface area contributed by atoms with E-state index in [1.54, 1.807) is 4.90 Å². The summed E-state index contributed by atoms with van der Waals surface area (Å²) in [5, 5.41) is 0. The molecule has 1 aliphatic rings. The molecular weight excluding hydrogens is 190 g/mol. The zero-order valence-corrected chi connectivity index (χ0v) is 10.1. The minimum Gasteiger partial charge on any atom is -0.444 e. The van der Waals surface area contributed by atoms with Gasteiger partial charge in [-0.3, -0.25) is 0 Å². The molecule has 3 heteroatoms. The standard InChI is InChI=1S/C12H21NO2/c1-10-7-5-6-8-13(9-10)11(14)15-12(2,3)4/h5-6,10H,7-9H2,1-4H3/t10-/m1/s1. The number of hydrogen-bond donors (Lipinski definition) is 0. The molecule has 1 amide bonds. The molecule has 86 valence electrons. The number of hydrogen-bond acceptors (Lipinski definition) is 2. The minimum atomic E-state index is -0.406. The van der Waals surface area contributed by atoms with E-state index in [-0.39, 0.29) is 6.09 Å². The normalized spacial score (nSPS) is 22.4. The first-order chi connectivity index (χ1) is 6.88. The number of rotatable bonds is 0. The molecule has 0 radical (unpaired) electrons. The van der Waals surface area contributed by atoms with Gasteiger partial charge in [-0.25, -0.2) is 4.79 Å². The zero-order valence-electron chi connectivity index (χ0n) is 10.1. The number of amides is 1. The molecule has 0 aromatic rings. The van der Waals surface area contributed by atoms with Crippen LogP contribution >= 0.6 is 0 Å². The predicted molar refractivity (Wildman–Crippen MR) is 60.7 cm³/mol. The maximum atomic E-state index is 11.8. The largest absolute Gasteiger partial charge is 0.444 e. The van der Waals surface area contributed by atoms with Gasteiger partial charge in [0.2, 0.25) is 0 Å². The van der Waals surface area contributed by atoms with E-state index in [2.05, 4.69) is 13.0 Å². The fraction of sp³-hybridized carbons (Fsp3) is 0.750. The molecule has 0 aliphatic carbocycles. The van der Waals surface area contributed by atoms with Crippen molar-refractivity contribution in [3.63, 3.8) is 0 Å². The van der Waals surface area contributed by atoms with E-state index in [0.29, 0.717) is 12.5 Å². The Kier molecular flexibility index (Phi) is 3.77. The van der Waals surface area contributed by atoms with Crippen LogP contribution in [-0.2, 0) is 4.74 Å². The fourth-order valence-electron chi connectivity index (χ4n) is 1.53. The second kappa shape index (κ2) is 4.69. The first-order valence-corrected chi connectivity index (χ1v) is 5.51. The van der Waals surface area contributed by atoms with Crippen molar-refractivity contribution in [2.75, 3.05) is 13.1 Å². The second-order valence-electron chi connectivity index (χ2n) is 5.20. The summed E-state index contributed by atoms with van der Waals surface area (Å²) in [7, 11) is 0. The topological polar surface area (TPSA) is 29.5 Å². The second-order valence-corrected chi connectivity index (χ2v) is 5.20. The van der Waals surface area contributed by atoms with Gasteiger partial charge in [0.15, 0.2) is 0 Å². The van der Waals surface area contributed by atoms with Crippen LogP contribution < -0.4 is 0 Å². The van der Waals surface area contributed by atoms with Crippen LogP contribution in [0.15, 0.2) is 12.2 Å². The van der Waals surface area contributed by atoms with Gasteiger partial charge >= 0.3 is 6.09 Å². The number of nitrogens with zero attached hydrogens (tertiary/aromatic N) is 1. The highest BCUT2D eigenvalue weighted by Crippen LogP contribution is 2.14. The molecule has 15 heavy (non-hydrogen) atoms. The summed E-state index contributed by atoms with van der Waals surface area (Å²) in [4.78, 5) is 13.5. The first kappa shape index (κ1) is 12.1. The van der Waals surface area contributed by atoms with Crippen molar-refractivity contribution in [3.8, 4) is 0 Å². The van der Waals surface area contributed by atoms with Crippen molar-refractivity contribution in [2.24, 2.45) is 5.92 Å². The van der Waals surface area contributed by atoms with Crippen LogP contribution in [-0.4, -0.2) is 29.7 Å². The van der Waals surface area contributed by atoms with Gasteiger partial charge in [0, 0.05) is 13.1 Å². The lowest BCUT2D eigenvalue weighted by Gasteiger charge is -2.27. The maximum absolute atomic E-state index is 11.8. The zero-order chi connectivity index (χ0) is 11.5. The number of carbonyl (C=O) groups excluding carboxylic acids is 1. The van der Waals surface area contributed by atoms with Crippen LogP contribution in [0.3, 0.4) is 0 Å². The van der Waals surface area contributed by atoms with E-state index >= 15 is 0 Å². The lowest BCUT2D eigenvalue weighted by Crippen LogP contribution is -2.38. The molecule has 0 unspecified atom stereocenters. The van der Waals surface area contributed by atoms with E-state index in [4.69, 9.17) is 4.74 Å². The molecule has 0 aromatic heterocycles. The van der Waals surface area contributed by atoms with Crippen LogP contribution in [0.2, 0.25) is 0 Å². The Balaban J connectivity index is 2.55. The van der Waals surface area contributed by atoms with Crippen LogP contribution in [0.4, 0.5) is 4.79 Å². The molecular formula is C12H21NO2. The Bertz CT molecular complexity index is 253. The van der Waals surface area contributed by atoms with Gasteiger partial charge in [-0.2, -0.15) is 0 Å². The SMILES string of the molecule is C[C@@H]1CC=CCN(C(=O)OC(C)(C)C)C1. The summed E-state index contributed by atoms with van der Waals surface area (Å²) >= 11 is 0. The molecule has 0 bridgehead atoms. The monoisotopic (exact) mass is 211 g/mol. The number of ether oxygens (including phenoxy) is 1. The highest BCUT2D eigenvalue weighted by molar-refractivity contribution is 5.68.